The smallest absolute Gasteiger partial charge is 0.309 e. The summed E-state index contributed by atoms with van der Waals surface area (Å²) in [6.45, 7) is 4.69. The van der Waals surface area contributed by atoms with Crippen LogP contribution >= 0.6 is 0 Å². The number of ether oxygens (including phenoxy) is 3. The molecule has 1 aliphatic carbocycles. The maximum atomic E-state index is 12.1. The Morgan fingerprint density at radius 1 is 1.15 bits per heavy atom. The van der Waals surface area contributed by atoms with Gasteiger partial charge in [0.2, 0.25) is 0 Å². The number of aliphatic hydroxyl groups is 1. The van der Waals surface area contributed by atoms with E-state index in [0.29, 0.717) is 32.2 Å². The average Bonchev–Trinajstić information content (AvgIpc) is 3.42. The number of epoxide rings is 1. The van der Waals surface area contributed by atoms with Gasteiger partial charge in [0, 0.05) is 6.42 Å². The van der Waals surface area contributed by atoms with Crippen molar-refractivity contribution in [1.29, 1.82) is 0 Å². The van der Waals surface area contributed by atoms with Crippen molar-refractivity contribution in [2.24, 2.45) is 11.8 Å². The zero-order chi connectivity index (χ0) is 18.9. The second-order valence-electron chi connectivity index (χ2n) is 7.78. The van der Waals surface area contributed by atoms with Crippen molar-refractivity contribution in [2.45, 2.75) is 89.9 Å². The Labute approximate surface area is 156 Å². The summed E-state index contributed by atoms with van der Waals surface area (Å²) in [5.74, 6) is -0.215. The molecule has 1 saturated heterocycles. The minimum absolute atomic E-state index is 0.0258. The molecule has 0 aromatic rings. The molecule has 5 unspecified atom stereocenters. The van der Waals surface area contributed by atoms with Crippen LogP contribution in [0.5, 0.6) is 0 Å². The highest BCUT2D eigenvalue weighted by Gasteiger charge is 2.46. The number of rotatable bonds is 12. The number of esters is 2. The topological polar surface area (TPSA) is 85.4 Å². The lowest BCUT2D eigenvalue weighted by atomic mass is 9.89. The molecule has 0 spiro atoms. The van der Waals surface area contributed by atoms with Gasteiger partial charge in [-0.2, -0.15) is 0 Å². The molecule has 150 valence electrons. The molecule has 26 heavy (non-hydrogen) atoms. The molecule has 1 saturated carbocycles. The Bertz CT molecular complexity index is 452. The monoisotopic (exact) mass is 370 g/mol. The minimum atomic E-state index is -0.249. The normalized spacial score (nSPS) is 26.5. The Morgan fingerprint density at radius 3 is 2.69 bits per heavy atom. The fourth-order valence-electron chi connectivity index (χ4n) is 3.35. The molecule has 0 radical (unpaired) electrons. The molecule has 1 N–H and O–H groups in total. The van der Waals surface area contributed by atoms with Gasteiger partial charge in [-0.25, -0.2) is 0 Å². The molecular weight excluding hydrogens is 336 g/mol. The van der Waals surface area contributed by atoms with E-state index in [2.05, 4.69) is 0 Å². The third kappa shape index (κ3) is 7.62. The number of fused-ring (bicyclic) bond motifs is 1. The third-order valence-electron chi connectivity index (χ3n) is 5.35. The van der Waals surface area contributed by atoms with Crippen LogP contribution in [0.3, 0.4) is 0 Å². The summed E-state index contributed by atoms with van der Waals surface area (Å²) in [6.07, 6.45) is 7.18. The van der Waals surface area contributed by atoms with Gasteiger partial charge < -0.3 is 19.3 Å². The quantitative estimate of drug-likeness (QED) is 0.323. The van der Waals surface area contributed by atoms with E-state index in [1.54, 1.807) is 0 Å². The first-order valence-electron chi connectivity index (χ1n) is 10.1. The van der Waals surface area contributed by atoms with Crippen LogP contribution in [0.25, 0.3) is 0 Å². The molecule has 1 heterocycles. The standard InChI is InChI=1S/C20H34O6/c1-3-16(21)6-4-5-11-24-19(22)10-7-14(2)13-25-20(23)15-8-9-17-18(12-15)26-17/h14-18,21H,3-13H2,1-2H3. The Hall–Kier alpha value is -1.14. The van der Waals surface area contributed by atoms with Gasteiger partial charge >= 0.3 is 11.9 Å². The molecule has 6 heteroatoms. The van der Waals surface area contributed by atoms with Gasteiger partial charge in [0.15, 0.2) is 0 Å². The number of unbranched alkanes of at least 4 members (excludes halogenated alkanes) is 1. The Balaban J connectivity index is 1.46. The van der Waals surface area contributed by atoms with Crippen molar-refractivity contribution in [3.05, 3.63) is 0 Å². The van der Waals surface area contributed by atoms with E-state index in [1.807, 2.05) is 13.8 Å². The second-order valence-corrected chi connectivity index (χ2v) is 7.78. The highest BCUT2D eigenvalue weighted by Crippen LogP contribution is 2.39. The zero-order valence-electron chi connectivity index (χ0n) is 16.2. The second kappa shape index (κ2) is 10.9. The first-order valence-corrected chi connectivity index (χ1v) is 10.1. The van der Waals surface area contributed by atoms with E-state index < -0.39 is 0 Å². The summed E-state index contributed by atoms with van der Waals surface area (Å²) in [5, 5.41) is 9.45. The number of hydrogen-bond donors (Lipinski definition) is 1. The molecule has 5 atom stereocenters. The maximum Gasteiger partial charge on any atom is 0.309 e. The van der Waals surface area contributed by atoms with Gasteiger partial charge in [0.05, 0.1) is 37.4 Å². The van der Waals surface area contributed by atoms with Crippen molar-refractivity contribution in [3.8, 4) is 0 Å². The van der Waals surface area contributed by atoms with Gasteiger partial charge in [0.1, 0.15) is 0 Å². The maximum absolute atomic E-state index is 12.1. The summed E-state index contributed by atoms with van der Waals surface area (Å²) in [7, 11) is 0. The lowest BCUT2D eigenvalue weighted by Gasteiger charge is -2.19. The van der Waals surface area contributed by atoms with Crippen LogP contribution < -0.4 is 0 Å². The van der Waals surface area contributed by atoms with Crippen molar-refractivity contribution >= 4 is 11.9 Å². The molecule has 0 amide bonds. The molecule has 0 aromatic heterocycles. The molecule has 0 aromatic carbocycles. The molecule has 2 fully saturated rings. The van der Waals surface area contributed by atoms with Crippen LogP contribution in [0.2, 0.25) is 0 Å². The first kappa shape index (κ1) is 21.2. The zero-order valence-corrected chi connectivity index (χ0v) is 16.2. The van der Waals surface area contributed by atoms with Gasteiger partial charge in [-0.3, -0.25) is 9.59 Å². The SMILES string of the molecule is CCC(O)CCCCOC(=O)CCC(C)COC(=O)C1CCC2OC2C1. The molecule has 2 rings (SSSR count). The Kier molecular flexibility index (Phi) is 8.85. The van der Waals surface area contributed by atoms with Gasteiger partial charge in [0.25, 0.3) is 0 Å². The van der Waals surface area contributed by atoms with Gasteiger partial charge in [-0.05, 0) is 57.3 Å². The summed E-state index contributed by atoms with van der Waals surface area (Å²) in [5.41, 5.74) is 0. The number of carbonyl (C=O) groups excluding carboxylic acids is 2. The summed E-state index contributed by atoms with van der Waals surface area (Å²) in [6, 6.07) is 0. The van der Waals surface area contributed by atoms with Crippen molar-refractivity contribution in [2.75, 3.05) is 13.2 Å². The third-order valence-corrected chi connectivity index (χ3v) is 5.35. The van der Waals surface area contributed by atoms with E-state index in [4.69, 9.17) is 14.2 Å². The molecule has 1 aliphatic heterocycles. The summed E-state index contributed by atoms with van der Waals surface area (Å²) >= 11 is 0. The predicted octanol–water partition coefficient (Wildman–Crippen LogP) is 3.00. The summed E-state index contributed by atoms with van der Waals surface area (Å²) in [4.78, 5) is 23.8. The van der Waals surface area contributed by atoms with Gasteiger partial charge in [-0.1, -0.05) is 13.8 Å². The Morgan fingerprint density at radius 2 is 1.96 bits per heavy atom. The highest BCUT2D eigenvalue weighted by molar-refractivity contribution is 5.72. The van der Waals surface area contributed by atoms with Crippen LogP contribution in [0.4, 0.5) is 0 Å². The van der Waals surface area contributed by atoms with Crippen LogP contribution in [-0.4, -0.2) is 48.6 Å². The van der Waals surface area contributed by atoms with Crippen molar-refractivity contribution < 1.29 is 28.9 Å². The van der Waals surface area contributed by atoms with E-state index in [1.165, 1.54) is 0 Å². The highest BCUT2D eigenvalue weighted by atomic mass is 16.6. The predicted molar refractivity (Wildman–Crippen MR) is 96.5 cm³/mol. The van der Waals surface area contributed by atoms with E-state index >= 15 is 0 Å². The van der Waals surface area contributed by atoms with Crippen LogP contribution in [-0.2, 0) is 23.8 Å². The lowest BCUT2D eigenvalue weighted by molar-refractivity contribution is -0.150. The van der Waals surface area contributed by atoms with E-state index in [-0.39, 0.29) is 36.0 Å². The van der Waals surface area contributed by atoms with Crippen LogP contribution in [0.1, 0.15) is 71.6 Å². The number of hydrogen-bond acceptors (Lipinski definition) is 6. The van der Waals surface area contributed by atoms with Crippen molar-refractivity contribution in [3.63, 3.8) is 0 Å². The molecule has 6 nitrogen and oxygen atoms in total. The van der Waals surface area contributed by atoms with E-state index in [0.717, 1.165) is 44.9 Å². The van der Waals surface area contributed by atoms with E-state index in [9.17, 15) is 14.7 Å². The van der Waals surface area contributed by atoms with Crippen LogP contribution in [0.15, 0.2) is 0 Å². The number of aliphatic hydroxyl groups excluding tert-OH is 1. The minimum Gasteiger partial charge on any atom is -0.466 e. The largest absolute Gasteiger partial charge is 0.466 e. The van der Waals surface area contributed by atoms with Crippen LogP contribution in [0, 0.1) is 11.8 Å². The molecule has 0 bridgehead atoms. The molecule has 2 aliphatic rings. The number of carbonyl (C=O) groups is 2. The molecular formula is C20H34O6. The lowest BCUT2D eigenvalue weighted by Crippen LogP contribution is -2.25. The fraction of sp³-hybridized carbons (Fsp3) is 0.900. The van der Waals surface area contributed by atoms with Crippen molar-refractivity contribution in [1.82, 2.24) is 0 Å². The fourth-order valence-corrected chi connectivity index (χ4v) is 3.35. The first-order chi connectivity index (χ1) is 12.5. The summed E-state index contributed by atoms with van der Waals surface area (Å²) < 4.78 is 16.1. The van der Waals surface area contributed by atoms with Gasteiger partial charge in [-0.15, -0.1) is 0 Å². The average molecular weight is 370 g/mol.